The molecule has 0 spiro atoms. The highest BCUT2D eigenvalue weighted by atomic mass is 35.5. The van der Waals surface area contributed by atoms with Gasteiger partial charge >= 0.3 is 0 Å². The molecule has 0 rings (SSSR count). The van der Waals surface area contributed by atoms with Gasteiger partial charge in [0.25, 0.3) is 0 Å². The quantitative estimate of drug-likeness (QED) is 0.703. The number of carbonyl (C=O) groups is 1. The molecule has 0 aliphatic rings. The first-order valence-electron chi connectivity index (χ1n) is 3.37. The Balaban J connectivity index is 4.42. The van der Waals surface area contributed by atoms with Crippen LogP contribution in [0, 0.1) is 5.92 Å². The molecule has 0 heterocycles. The largest absolute Gasteiger partial charge is 0.389 e. The van der Waals surface area contributed by atoms with Crippen molar-refractivity contribution < 1.29 is 9.90 Å². The number of Topliss-reactive ketones (excluding diaryl/α,β-unsaturated/α-hetero) is 1. The highest BCUT2D eigenvalue weighted by Gasteiger charge is 2.40. The Kier molecular flexibility index (Phi) is 3.82. The fourth-order valence-corrected chi connectivity index (χ4v) is 1.13. The van der Waals surface area contributed by atoms with Gasteiger partial charge in [-0.25, -0.2) is 0 Å². The zero-order valence-electron chi connectivity index (χ0n) is 6.77. The average molecular weight is 199 g/mol. The van der Waals surface area contributed by atoms with E-state index in [9.17, 15) is 9.90 Å². The SMILES string of the molecule is CC(=O)C(Cl)(Cl)C(O)C(C)C. The van der Waals surface area contributed by atoms with E-state index in [0.717, 1.165) is 0 Å². The van der Waals surface area contributed by atoms with E-state index in [1.165, 1.54) is 6.92 Å². The molecule has 0 radical (unpaired) electrons. The van der Waals surface area contributed by atoms with Gasteiger partial charge in [0.05, 0.1) is 6.10 Å². The number of hydrogen-bond acceptors (Lipinski definition) is 2. The molecular formula is C7H12Cl2O2. The van der Waals surface area contributed by atoms with Crippen LogP contribution in [0.2, 0.25) is 0 Å². The van der Waals surface area contributed by atoms with Gasteiger partial charge in [0.2, 0.25) is 4.33 Å². The first-order chi connectivity index (χ1) is 4.80. The van der Waals surface area contributed by atoms with Crippen molar-refractivity contribution >= 4 is 29.0 Å². The Labute approximate surface area is 76.5 Å². The van der Waals surface area contributed by atoms with Gasteiger partial charge in [0, 0.05) is 0 Å². The number of halogens is 2. The number of alkyl halides is 2. The number of rotatable bonds is 3. The van der Waals surface area contributed by atoms with E-state index in [2.05, 4.69) is 0 Å². The molecule has 0 aliphatic carbocycles. The molecule has 2 nitrogen and oxygen atoms in total. The molecule has 1 unspecified atom stereocenters. The van der Waals surface area contributed by atoms with Crippen molar-refractivity contribution in [2.24, 2.45) is 5.92 Å². The molecule has 0 fully saturated rings. The maximum atomic E-state index is 10.8. The van der Waals surface area contributed by atoms with E-state index < -0.39 is 16.2 Å². The Morgan fingerprint density at radius 1 is 1.45 bits per heavy atom. The van der Waals surface area contributed by atoms with Gasteiger partial charge in [0.1, 0.15) is 0 Å². The molecular weight excluding hydrogens is 187 g/mol. The van der Waals surface area contributed by atoms with Crippen LogP contribution in [0.25, 0.3) is 0 Å². The molecule has 0 amide bonds. The number of carbonyl (C=O) groups excluding carboxylic acids is 1. The van der Waals surface area contributed by atoms with Gasteiger partial charge in [-0.2, -0.15) is 0 Å². The van der Waals surface area contributed by atoms with Crippen molar-refractivity contribution in [3.05, 3.63) is 0 Å². The second kappa shape index (κ2) is 3.74. The Hall–Kier alpha value is 0.210. The van der Waals surface area contributed by atoms with Crippen LogP contribution in [0.15, 0.2) is 0 Å². The molecule has 0 bridgehead atoms. The normalized spacial score (nSPS) is 15.2. The monoisotopic (exact) mass is 198 g/mol. The van der Waals surface area contributed by atoms with Crippen molar-refractivity contribution in [1.82, 2.24) is 0 Å². The Bertz CT molecular complexity index is 155. The van der Waals surface area contributed by atoms with E-state index in [-0.39, 0.29) is 5.92 Å². The molecule has 1 N–H and O–H groups in total. The van der Waals surface area contributed by atoms with Crippen molar-refractivity contribution in [2.45, 2.75) is 31.2 Å². The molecule has 11 heavy (non-hydrogen) atoms. The third kappa shape index (κ3) is 2.62. The summed E-state index contributed by atoms with van der Waals surface area (Å²) in [6, 6.07) is 0. The van der Waals surface area contributed by atoms with Crippen molar-refractivity contribution in [3.63, 3.8) is 0 Å². The topological polar surface area (TPSA) is 37.3 Å². The zero-order chi connectivity index (χ0) is 9.23. The van der Waals surface area contributed by atoms with Crippen molar-refractivity contribution in [2.75, 3.05) is 0 Å². The second-order valence-corrected chi connectivity index (χ2v) is 4.25. The second-order valence-electron chi connectivity index (χ2n) is 2.87. The molecule has 0 saturated heterocycles. The lowest BCUT2D eigenvalue weighted by atomic mass is 10.0. The van der Waals surface area contributed by atoms with Gasteiger partial charge in [-0.3, -0.25) is 4.79 Å². The van der Waals surface area contributed by atoms with E-state index >= 15 is 0 Å². The van der Waals surface area contributed by atoms with Crippen LogP contribution in [0.4, 0.5) is 0 Å². The molecule has 1 atom stereocenters. The van der Waals surface area contributed by atoms with E-state index in [1.807, 2.05) is 0 Å². The lowest BCUT2D eigenvalue weighted by Crippen LogP contribution is -2.41. The summed E-state index contributed by atoms with van der Waals surface area (Å²) in [5.74, 6) is -0.559. The Morgan fingerprint density at radius 3 is 1.91 bits per heavy atom. The first kappa shape index (κ1) is 11.2. The minimum Gasteiger partial charge on any atom is -0.389 e. The van der Waals surface area contributed by atoms with E-state index in [4.69, 9.17) is 23.2 Å². The summed E-state index contributed by atoms with van der Waals surface area (Å²) >= 11 is 11.2. The number of hydrogen-bond donors (Lipinski definition) is 1. The van der Waals surface area contributed by atoms with Crippen LogP contribution in [0.1, 0.15) is 20.8 Å². The highest BCUT2D eigenvalue weighted by Crippen LogP contribution is 2.30. The van der Waals surface area contributed by atoms with Gasteiger partial charge in [-0.15, -0.1) is 0 Å². The van der Waals surface area contributed by atoms with Crippen LogP contribution in [0.5, 0.6) is 0 Å². The summed E-state index contributed by atoms with van der Waals surface area (Å²) in [5.41, 5.74) is 0. The molecule has 0 aliphatic heterocycles. The molecule has 0 aromatic rings. The van der Waals surface area contributed by atoms with E-state index in [1.54, 1.807) is 13.8 Å². The Morgan fingerprint density at radius 2 is 1.82 bits per heavy atom. The first-order valence-corrected chi connectivity index (χ1v) is 4.12. The predicted octanol–water partition coefficient (Wildman–Crippen LogP) is 1.77. The maximum Gasteiger partial charge on any atom is 0.201 e. The summed E-state index contributed by atoms with van der Waals surface area (Å²) in [6.07, 6.45) is -1.01. The molecule has 0 aromatic heterocycles. The number of ketones is 1. The highest BCUT2D eigenvalue weighted by molar-refractivity contribution is 6.58. The smallest absolute Gasteiger partial charge is 0.201 e. The fourth-order valence-electron chi connectivity index (χ4n) is 0.627. The van der Waals surface area contributed by atoms with Crippen LogP contribution in [0.3, 0.4) is 0 Å². The zero-order valence-corrected chi connectivity index (χ0v) is 8.28. The summed E-state index contributed by atoms with van der Waals surface area (Å²) in [4.78, 5) is 10.8. The van der Waals surface area contributed by atoms with Gasteiger partial charge in [0.15, 0.2) is 5.78 Å². The van der Waals surface area contributed by atoms with Crippen molar-refractivity contribution in [1.29, 1.82) is 0 Å². The third-order valence-electron chi connectivity index (χ3n) is 1.47. The van der Waals surface area contributed by atoms with E-state index in [0.29, 0.717) is 0 Å². The van der Waals surface area contributed by atoms with Gasteiger partial charge in [-0.05, 0) is 12.8 Å². The van der Waals surface area contributed by atoms with Gasteiger partial charge in [-0.1, -0.05) is 37.0 Å². The van der Waals surface area contributed by atoms with Crippen LogP contribution in [-0.2, 0) is 4.79 Å². The van der Waals surface area contributed by atoms with Crippen molar-refractivity contribution in [3.8, 4) is 0 Å². The molecule has 66 valence electrons. The minimum atomic E-state index is -1.66. The fraction of sp³-hybridized carbons (Fsp3) is 0.857. The lowest BCUT2D eigenvalue weighted by molar-refractivity contribution is -0.120. The summed E-state index contributed by atoms with van der Waals surface area (Å²) in [7, 11) is 0. The third-order valence-corrected chi connectivity index (χ3v) is 2.45. The van der Waals surface area contributed by atoms with Crippen LogP contribution >= 0.6 is 23.2 Å². The molecule has 0 aromatic carbocycles. The summed E-state index contributed by atoms with van der Waals surface area (Å²) in [6.45, 7) is 4.74. The standard InChI is InChI=1S/C7H12Cl2O2/c1-4(2)6(11)7(8,9)5(3)10/h4,6,11H,1-3H3. The maximum absolute atomic E-state index is 10.8. The predicted molar refractivity (Wildman–Crippen MR) is 46.0 cm³/mol. The van der Waals surface area contributed by atoms with Crippen LogP contribution in [-0.4, -0.2) is 21.3 Å². The summed E-state index contributed by atoms with van der Waals surface area (Å²) in [5, 5.41) is 9.34. The minimum absolute atomic E-state index is 0.131. The molecule has 4 heteroatoms. The molecule has 0 saturated carbocycles. The number of aliphatic hydroxyl groups excluding tert-OH is 1. The van der Waals surface area contributed by atoms with Crippen LogP contribution < -0.4 is 0 Å². The summed E-state index contributed by atoms with van der Waals surface area (Å²) < 4.78 is -1.66. The average Bonchev–Trinajstić information content (AvgIpc) is 1.85. The van der Waals surface area contributed by atoms with Gasteiger partial charge < -0.3 is 5.11 Å². The lowest BCUT2D eigenvalue weighted by Gasteiger charge is -2.25. The number of aliphatic hydroxyl groups is 1.